The summed E-state index contributed by atoms with van der Waals surface area (Å²) in [5.41, 5.74) is 0. The van der Waals surface area contributed by atoms with Crippen molar-refractivity contribution < 1.29 is 18.6 Å². The van der Waals surface area contributed by atoms with Crippen LogP contribution < -0.4 is 0 Å². The lowest BCUT2D eigenvalue weighted by Crippen LogP contribution is -2.29. The highest BCUT2D eigenvalue weighted by Crippen LogP contribution is 2.23. The molecule has 1 fully saturated rings. The Morgan fingerprint density at radius 2 is 2.12 bits per heavy atom. The highest BCUT2D eigenvalue weighted by atomic mass is 32.2. The van der Waals surface area contributed by atoms with Gasteiger partial charge in [-0.15, -0.1) is 0 Å². The van der Waals surface area contributed by atoms with E-state index in [0.29, 0.717) is 13.0 Å². The molecule has 1 heterocycles. The van der Waals surface area contributed by atoms with Gasteiger partial charge in [0.05, 0.1) is 11.0 Å². The lowest BCUT2D eigenvalue weighted by molar-refractivity contribution is 0.189. The molecule has 0 amide bonds. The molecule has 0 bridgehead atoms. The van der Waals surface area contributed by atoms with Crippen molar-refractivity contribution in [1.82, 2.24) is 4.31 Å². The second-order valence-electron chi connectivity index (χ2n) is 3.80. The number of benzene rings is 1. The SMILES string of the molecule is O=S(=O)(c1cccc(O)c1)N1CCC(O)C1. The third kappa shape index (κ3) is 2.04. The minimum Gasteiger partial charge on any atom is -0.508 e. The fourth-order valence-electron chi connectivity index (χ4n) is 1.72. The molecular formula is C10H13NO4S. The zero-order valence-electron chi connectivity index (χ0n) is 8.57. The number of nitrogens with zero attached hydrogens (tertiary/aromatic N) is 1. The van der Waals surface area contributed by atoms with Gasteiger partial charge in [0.1, 0.15) is 5.75 Å². The molecule has 6 heteroatoms. The first-order valence-electron chi connectivity index (χ1n) is 4.97. The molecule has 1 aliphatic rings. The third-order valence-corrected chi connectivity index (χ3v) is 4.44. The van der Waals surface area contributed by atoms with Crippen LogP contribution in [0.4, 0.5) is 0 Å². The Morgan fingerprint density at radius 1 is 1.38 bits per heavy atom. The van der Waals surface area contributed by atoms with E-state index in [1.54, 1.807) is 0 Å². The lowest BCUT2D eigenvalue weighted by Gasteiger charge is -2.15. The van der Waals surface area contributed by atoms with Crippen LogP contribution in [-0.2, 0) is 10.0 Å². The summed E-state index contributed by atoms with van der Waals surface area (Å²) < 4.78 is 25.3. The molecular weight excluding hydrogens is 230 g/mol. The largest absolute Gasteiger partial charge is 0.508 e. The smallest absolute Gasteiger partial charge is 0.243 e. The number of rotatable bonds is 2. The van der Waals surface area contributed by atoms with E-state index in [1.165, 1.54) is 28.6 Å². The number of hydrogen-bond acceptors (Lipinski definition) is 4. The molecule has 1 saturated heterocycles. The molecule has 2 rings (SSSR count). The number of hydrogen-bond donors (Lipinski definition) is 2. The van der Waals surface area contributed by atoms with E-state index in [4.69, 9.17) is 0 Å². The van der Waals surface area contributed by atoms with Crippen molar-refractivity contribution in [3.8, 4) is 5.75 Å². The molecule has 1 aliphatic heterocycles. The van der Waals surface area contributed by atoms with Gasteiger partial charge in [-0.25, -0.2) is 8.42 Å². The van der Waals surface area contributed by atoms with Crippen molar-refractivity contribution in [3.63, 3.8) is 0 Å². The fourth-order valence-corrected chi connectivity index (χ4v) is 3.25. The van der Waals surface area contributed by atoms with E-state index in [0.717, 1.165) is 0 Å². The number of aliphatic hydroxyl groups is 1. The summed E-state index contributed by atoms with van der Waals surface area (Å²) in [6.45, 7) is 0.442. The van der Waals surface area contributed by atoms with Crippen molar-refractivity contribution in [1.29, 1.82) is 0 Å². The molecule has 88 valence electrons. The number of phenols is 1. The number of β-amino-alcohol motifs (C(OH)–C–C–N with tert-alkyl or cyclic N) is 1. The van der Waals surface area contributed by atoms with E-state index in [1.807, 2.05) is 0 Å². The maximum atomic E-state index is 12.0. The van der Waals surface area contributed by atoms with Crippen LogP contribution in [0.25, 0.3) is 0 Å². The van der Waals surface area contributed by atoms with Gasteiger partial charge in [-0.3, -0.25) is 0 Å². The Balaban J connectivity index is 2.32. The maximum absolute atomic E-state index is 12.0. The summed E-state index contributed by atoms with van der Waals surface area (Å²) in [5.74, 6) is -0.0826. The van der Waals surface area contributed by atoms with E-state index in [2.05, 4.69) is 0 Å². The molecule has 1 aromatic carbocycles. The average molecular weight is 243 g/mol. The molecule has 0 radical (unpaired) electrons. The Morgan fingerprint density at radius 3 is 2.69 bits per heavy atom. The number of phenolic OH excluding ortho intramolecular Hbond substituents is 1. The van der Waals surface area contributed by atoms with Crippen molar-refractivity contribution >= 4 is 10.0 Å². The van der Waals surface area contributed by atoms with Crippen LogP contribution >= 0.6 is 0 Å². The van der Waals surface area contributed by atoms with Crippen molar-refractivity contribution in [2.45, 2.75) is 17.4 Å². The van der Waals surface area contributed by atoms with Crippen LogP contribution in [0.1, 0.15) is 6.42 Å². The van der Waals surface area contributed by atoms with E-state index < -0.39 is 16.1 Å². The zero-order chi connectivity index (χ0) is 11.8. The summed E-state index contributed by atoms with van der Waals surface area (Å²) in [5, 5.41) is 18.5. The highest BCUT2D eigenvalue weighted by molar-refractivity contribution is 7.89. The van der Waals surface area contributed by atoms with E-state index in [9.17, 15) is 18.6 Å². The molecule has 0 aromatic heterocycles. The van der Waals surface area contributed by atoms with Gasteiger partial charge in [-0.1, -0.05) is 6.07 Å². The van der Waals surface area contributed by atoms with Crippen molar-refractivity contribution in [2.24, 2.45) is 0 Å². The highest BCUT2D eigenvalue weighted by Gasteiger charge is 2.31. The molecule has 1 unspecified atom stereocenters. The standard InChI is InChI=1S/C10H13NO4S/c12-8-2-1-3-10(6-8)16(14,15)11-5-4-9(13)7-11/h1-3,6,9,12-13H,4-5,7H2. The predicted molar refractivity (Wildman–Crippen MR) is 57.5 cm³/mol. The normalized spacial score (nSPS) is 22.4. The minimum absolute atomic E-state index is 0.0570. The second kappa shape index (κ2) is 4.04. The third-order valence-electron chi connectivity index (χ3n) is 2.58. The van der Waals surface area contributed by atoms with Crippen LogP contribution in [0.15, 0.2) is 29.2 Å². The summed E-state index contributed by atoms with van der Waals surface area (Å²) in [7, 11) is -3.58. The van der Waals surface area contributed by atoms with Gasteiger partial charge in [-0.05, 0) is 24.6 Å². The summed E-state index contributed by atoms with van der Waals surface area (Å²) in [6.07, 6.45) is -0.134. The molecule has 0 aliphatic carbocycles. The van der Waals surface area contributed by atoms with Gasteiger partial charge in [0, 0.05) is 13.1 Å². The summed E-state index contributed by atoms with van der Waals surface area (Å²) in [6, 6.07) is 5.53. The Kier molecular flexibility index (Phi) is 2.88. The zero-order valence-corrected chi connectivity index (χ0v) is 9.39. The van der Waals surface area contributed by atoms with E-state index in [-0.39, 0.29) is 17.2 Å². The quantitative estimate of drug-likeness (QED) is 0.775. The maximum Gasteiger partial charge on any atom is 0.243 e. The minimum atomic E-state index is -3.58. The number of aliphatic hydroxyl groups excluding tert-OH is 1. The molecule has 0 spiro atoms. The van der Waals surface area contributed by atoms with Gasteiger partial charge in [0.15, 0.2) is 0 Å². The Bertz CT molecular complexity index is 485. The van der Waals surface area contributed by atoms with Gasteiger partial charge >= 0.3 is 0 Å². The van der Waals surface area contributed by atoms with E-state index >= 15 is 0 Å². The molecule has 0 saturated carbocycles. The second-order valence-corrected chi connectivity index (χ2v) is 5.74. The van der Waals surface area contributed by atoms with Gasteiger partial charge in [0.25, 0.3) is 0 Å². The summed E-state index contributed by atoms with van der Waals surface area (Å²) in [4.78, 5) is 0.0570. The van der Waals surface area contributed by atoms with Crippen LogP contribution in [-0.4, -0.2) is 42.1 Å². The summed E-state index contributed by atoms with van der Waals surface area (Å²) >= 11 is 0. The monoisotopic (exact) mass is 243 g/mol. The Labute approximate surface area is 94.0 Å². The van der Waals surface area contributed by atoms with Crippen LogP contribution in [0, 0.1) is 0 Å². The van der Waals surface area contributed by atoms with Crippen molar-refractivity contribution in [2.75, 3.05) is 13.1 Å². The Hall–Kier alpha value is -1.11. The molecule has 1 atom stereocenters. The molecule has 16 heavy (non-hydrogen) atoms. The first-order valence-corrected chi connectivity index (χ1v) is 6.41. The van der Waals surface area contributed by atoms with Gasteiger partial charge in [0.2, 0.25) is 10.0 Å². The fraction of sp³-hybridized carbons (Fsp3) is 0.400. The molecule has 1 aromatic rings. The van der Waals surface area contributed by atoms with Gasteiger partial charge < -0.3 is 10.2 Å². The number of aromatic hydroxyl groups is 1. The predicted octanol–water partition coefficient (Wildman–Crippen LogP) is 0.148. The first kappa shape index (κ1) is 11.4. The molecule has 5 nitrogen and oxygen atoms in total. The van der Waals surface area contributed by atoms with Crippen LogP contribution in [0.5, 0.6) is 5.75 Å². The lowest BCUT2D eigenvalue weighted by atomic mass is 10.3. The van der Waals surface area contributed by atoms with Gasteiger partial charge in [-0.2, -0.15) is 4.31 Å². The van der Waals surface area contributed by atoms with Crippen LogP contribution in [0.2, 0.25) is 0 Å². The van der Waals surface area contributed by atoms with Crippen molar-refractivity contribution in [3.05, 3.63) is 24.3 Å². The first-order chi connectivity index (χ1) is 7.50. The average Bonchev–Trinajstić information content (AvgIpc) is 2.65. The molecule has 2 N–H and O–H groups in total. The topological polar surface area (TPSA) is 77.8 Å². The van der Waals surface area contributed by atoms with Crippen LogP contribution in [0.3, 0.4) is 0 Å². The number of sulfonamides is 1.